The van der Waals surface area contributed by atoms with E-state index in [0.29, 0.717) is 12.1 Å². The summed E-state index contributed by atoms with van der Waals surface area (Å²) >= 11 is 0. The molecule has 1 saturated heterocycles. The van der Waals surface area contributed by atoms with E-state index in [0.717, 1.165) is 64.7 Å². The zero-order valence-corrected chi connectivity index (χ0v) is 13.2. The Kier molecular flexibility index (Phi) is 4.52. The Bertz CT molecular complexity index is 386. The lowest BCUT2D eigenvalue weighted by molar-refractivity contribution is -0.147. The van der Waals surface area contributed by atoms with E-state index in [4.69, 9.17) is 0 Å². The minimum atomic E-state index is -0.664. The van der Waals surface area contributed by atoms with Crippen molar-refractivity contribution in [3.8, 4) is 0 Å². The molecule has 3 aliphatic rings. The van der Waals surface area contributed by atoms with Gasteiger partial charge in [-0.05, 0) is 65.1 Å². The quantitative estimate of drug-likeness (QED) is 0.814. The number of likely N-dealkylation sites (N-methyl/N-ethyl adjacent to an activating group) is 1. The van der Waals surface area contributed by atoms with Crippen LogP contribution in [0.5, 0.6) is 0 Å². The second kappa shape index (κ2) is 6.23. The molecule has 2 aliphatic carbocycles. The van der Waals surface area contributed by atoms with Crippen LogP contribution in [0.4, 0.5) is 0 Å². The third-order valence-electron chi connectivity index (χ3n) is 5.46. The van der Waals surface area contributed by atoms with Crippen LogP contribution >= 0.6 is 0 Å². The molecule has 2 saturated carbocycles. The molecule has 120 valence electrons. The molecule has 0 bridgehead atoms. The first-order valence-corrected chi connectivity index (χ1v) is 8.53. The Labute approximate surface area is 127 Å². The van der Waals surface area contributed by atoms with Gasteiger partial charge in [-0.3, -0.25) is 15.0 Å². The molecular formula is C16H29N3O2. The largest absolute Gasteiger partial charge is 0.480 e. The van der Waals surface area contributed by atoms with Gasteiger partial charge < -0.3 is 10.0 Å². The summed E-state index contributed by atoms with van der Waals surface area (Å²) in [6.45, 7) is 4.47. The van der Waals surface area contributed by atoms with Gasteiger partial charge in [0.1, 0.15) is 5.54 Å². The number of rotatable bonds is 4. The van der Waals surface area contributed by atoms with Crippen LogP contribution < -0.4 is 5.32 Å². The summed E-state index contributed by atoms with van der Waals surface area (Å²) in [7, 11) is 2.18. The van der Waals surface area contributed by atoms with Crippen LogP contribution in [-0.4, -0.2) is 71.7 Å². The lowest BCUT2D eigenvalue weighted by atomic mass is 9.78. The van der Waals surface area contributed by atoms with E-state index in [1.54, 1.807) is 0 Å². The molecule has 5 heteroatoms. The molecule has 0 radical (unpaired) electrons. The maximum absolute atomic E-state index is 11.9. The Morgan fingerprint density at radius 3 is 2.67 bits per heavy atom. The van der Waals surface area contributed by atoms with Gasteiger partial charge in [0.15, 0.2) is 0 Å². The number of nitrogens with one attached hydrogen (secondary N) is 1. The Balaban J connectivity index is 1.66. The van der Waals surface area contributed by atoms with Crippen LogP contribution in [0.2, 0.25) is 0 Å². The van der Waals surface area contributed by atoms with Crippen molar-refractivity contribution >= 4 is 5.97 Å². The van der Waals surface area contributed by atoms with Crippen LogP contribution in [-0.2, 0) is 4.79 Å². The van der Waals surface area contributed by atoms with Gasteiger partial charge in [0.2, 0.25) is 0 Å². The average molecular weight is 295 g/mol. The smallest absolute Gasteiger partial charge is 0.323 e. The SMILES string of the molecule is CN1CCCN(C2CCCC(NC3CC3)(C(=O)O)C2)CC1. The van der Waals surface area contributed by atoms with Crippen molar-refractivity contribution in [2.24, 2.45) is 0 Å². The van der Waals surface area contributed by atoms with Crippen LogP contribution in [0.1, 0.15) is 44.9 Å². The fraction of sp³-hybridized carbons (Fsp3) is 0.938. The number of carbonyl (C=O) groups is 1. The third-order valence-corrected chi connectivity index (χ3v) is 5.46. The third kappa shape index (κ3) is 3.58. The van der Waals surface area contributed by atoms with Gasteiger partial charge in [0.05, 0.1) is 0 Å². The van der Waals surface area contributed by atoms with Crippen LogP contribution in [0, 0.1) is 0 Å². The first kappa shape index (κ1) is 15.3. The molecule has 1 aliphatic heterocycles. The number of hydrogen-bond acceptors (Lipinski definition) is 4. The minimum absolute atomic E-state index is 0.438. The highest BCUT2D eigenvalue weighted by Gasteiger charge is 2.46. The van der Waals surface area contributed by atoms with Crippen molar-refractivity contribution in [2.45, 2.75) is 62.6 Å². The maximum atomic E-state index is 11.9. The lowest BCUT2D eigenvalue weighted by Crippen LogP contribution is -2.59. The molecule has 0 aromatic carbocycles. The number of hydrogen-bond donors (Lipinski definition) is 2. The zero-order valence-electron chi connectivity index (χ0n) is 13.2. The van der Waals surface area contributed by atoms with Crippen LogP contribution in [0.3, 0.4) is 0 Å². The molecule has 2 N–H and O–H groups in total. The molecule has 0 spiro atoms. The standard InChI is InChI=1S/C16H29N3O2/c1-18-8-3-9-19(11-10-18)14-4-2-7-16(12-14,15(20)21)17-13-5-6-13/h13-14,17H,2-12H2,1H3,(H,20,21). The van der Waals surface area contributed by atoms with Gasteiger partial charge in [-0.25, -0.2) is 0 Å². The molecular weight excluding hydrogens is 266 g/mol. The fourth-order valence-corrected chi connectivity index (χ4v) is 3.99. The molecule has 5 nitrogen and oxygen atoms in total. The Hall–Kier alpha value is -0.650. The van der Waals surface area contributed by atoms with Gasteiger partial charge in [-0.2, -0.15) is 0 Å². The van der Waals surface area contributed by atoms with Gasteiger partial charge >= 0.3 is 5.97 Å². The second-order valence-electron chi connectivity index (χ2n) is 7.25. The van der Waals surface area contributed by atoms with Gasteiger partial charge in [-0.15, -0.1) is 0 Å². The number of aliphatic carboxylic acids is 1. The van der Waals surface area contributed by atoms with Crippen molar-refractivity contribution in [3.63, 3.8) is 0 Å². The van der Waals surface area contributed by atoms with Gasteiger partial charge in [0.25, 0.3) is 0 Å². The zero-order chi connectivity index (χ0) is 14.9. The Morgan fingerprint density at radius 1 is 1.14 bits per heavy atom. The molecule has 2 unspecified atom stereocenters. The molecule has 0 aromatic heterocycles. The Morgan fingerprint density at radius 2 is 1.95 bits per heavy atom. The lowest BCUT2D eigenvalue weighted by Gasteiger charge is -2.43. The summed E-state index contributed by atoms with van der Waals surface area (Å²) in [6, 6.07) is 0.891. The molecule has 2 atom stereocenters. The van der Waals surface area contributed by atoms with Crippen molar-refractivity contribution in [3.05, 3.63) is 0 Å². The normalized spacial score (nSPS) is 36.3. The van der Waals surface area contributed by atoms with Crippen LogP contribution in [0.15, 0.2) is 0 Å². The monoisotopic (exact) mass is 295 g/mol. The molecule has 1 heterocycles. The van der Waals surface area contributed by atoms with E-state index in [9.17, 15) is 9.90 Å². The molecule has 0 amide bonds. The minimum Gasteiger partial charge on any atom is -0.480 e. The molecule has 3 rings (SSSR count). The van der Waals surface area contributed by atoms with Crippen molar-refractivity contribution in [1.82, 2.24) is 15.1 Å². The molecule has 0 aromatic rings. The molecule has 21 heavy (non-hydrogen) atoms. The summed E-state index contributed by atoms with van der Waals surface area (Å²) < 4.78 is 0. The van der Waals surface area contributed by atoms with Crippen molar-refractivity contribution < 1.29 is 9.90 Å². The van der Waals surface area contributed by atoms with Crippen LogP contribution in [0.25, 0.3) is 0 Å². The summed E-state index contributed by atoms with van der Waals surface area (Å²) in [5.74, 6) is -0.633. The van der Waals surface area contributed by atoms with E-state index in [2.05, 4.69) is 22.2 Å². The predicted octanol–water partition coefficient (Wildman–Crippen LogP) is 1.14. The second-order valence-corrected chi connectivity index (χ2v) is 7.25. The van der Waals surface area contributed by atoms with Crippen molar-refractivity contribution in [1.29, 1.82) is 0 Å². The predicted molar refractivity (Wildman–Crippen MR) is 82.5 cm³/mol. The highest BCUT2D eigenvalue weighted by molar-refractivity contribution is 5.79. The summed E-state index contributed by atoms with van der Waals surface area (Å²) in [6.07, 6.45) is 7.26. The highest BCUT2D eigenvalue weighted by atomic mass is 16.4. The van der Waals surface area contributed by atoms with Gasteiger partial charge in [0, 0.05) is 25.2 Å². The topological polar surface area (TPSA) is 55.8 Å². The highest BCUT2D eigenvalue weighted by Crippen LogP contribution is 2.35. The number of carboxylic acids is 1. The van der Waals surface area contributed by atoms with E-state index in [-0.39, 0.29) is 0 Å². The first-order chi connectivity index (χ1) is 10.1. The van der Waals surface area contributed by atoms with Gasteiger partial charge in [-0.1, -0.05) is 0 Å². The average Bonchev–Trinajstić information content (AvgIpc) is 3.27. The number of nitrogens with zero attached hydrogens (tertiary/aromatic N) is 2. The number of carboxylic acid groups (broad SMARTS) is 1. The van der Waals surface area contributed by atoms with E-state index in [1.165, 1.54) is 6.42 Å². The van der Waals surface area contributed by atoms with E-state index in [1.807, 2.05) is 0 Å². The summed E-state index contributed by atoms with van der Waals surface area (Å²) in [4.78, 5) is 16.8. The molecule has 3 fully saturated rings. The fourth-order valence-electron chi connectivity index (χ4n) is 3.99. The van der Waals surface area contributed by atoms with E-state index < -0.39 is 11.5 Å². The maximum Gasteiger partial charge on any atom is 0.323 e. The summed E-state index contributed by atoms with van der Waals surface area (Å²) in [5, 5.41) is 13.3. The first-order valence-electron chi connectivity index (χ1n) is 8.53. The van der Waals surface area contributed by atoms with E-state index >= 15 is 0 Å². The summed E-state index contributed by atoms with van der Waals surface area (Å²) in [5.41, 5.74) is -0.664. The van der Waals surface area contributed by atoms with Crippen molar-refractivity contribution in [2.75, 3.05) is 33.2 Å².